The Kier molecular flexibility index (Phi) is 13.1. The fourth-order valence-corrected chi connectivity index (χ4v) is 7.09. The lowest BCUT2D eigenvalue weighted by molar-refractivity contribution is 0.00578. The second-order valence-electron chi connectivity index (χ2n) is 14.1. The third kappa shape index (κ3) is 10.6. The van der Waals surface area contributed by atoms with Crippen molar-refractivity contribution in [2.75, 3.05) is 76.1 Å². The van der Waals surface area contributed by atoms with Crippen LogP contribution >= 0.6 is 30.2 Å². The highest BCUT2D eigenvalue weighted by Gasteiger charge is 2.51. The van der Waals surface area contributed by atoms with Crippen LogP contribution in [0.25, 0.3) is 11.1 Å². The van der Waals surface area contributed by atoms with Crippen molar-refractivity contribution in [3.63, 3.8) is 0 Å². The predicted molar refractivity (Wildman–Crippen MR) is 215 cm³/mol. The maximum absolute atomic E-state index is 12.3. The van der Waals surface area contributed by atoms with Gasteiger partial charge in [0, 0.05) is 80.5 Å². The van der Waals surface area contributed by atoms with E-state index in [-0.39, 0.29) is 11.2 Å². The molecule has 0 spiro atoms. The molecule has 3 heterocycles. The van der Waals surface area contributed by atoms with E-state index in [0.717, 1.165) is 27.0 Å². The smallest absolute Gasteiger partial charge is 0.399 e. The first-order chi connectivity index (χ1) is 22.9. The van der Waals surface area contributed by atoms with Gasteiger partial charge in [0.25, 0.3) is 0 Å². The Morgan fingerprint density at radius 2 is 1.06 bits per heavy atom. The van der Waals surface area contributed by atoms with Crippen molar-refractivity contribution in [2.24, 2.45) is 0 Å². The Morgan fingerprint density at radius 3 is 1.48 bits per heavy atom. The Hall–Kier alpha value is -3.28. The van der Waals surface area contributed by atoms with E-state index in [9.17, 15) is 9.13 Å². The van der Waals surface area contributed by atoms with Crippen LogP contribution in [-0.2, 0) is 18.4 Å². The van der Waals surface area contributed by atoms with E-state index < -0.39 is 21.4 Å². The minimum atomic E-state index is -2.42. The molecule has 0 amide bonds. The fourth-order valence-electron chi connectivity index (χ4n) is 4.58. The van der Waals surface area contributed by atoms with Gasteiger partial charge in [0.15, 0.2) is 0 Å². The van der Waals surface area contributed by atoms with E-state index in [1.165, 1.54) is 0 Å². The molecule has 1 saturated heterocycles. The number of anilines is 4. The number of nitrogens with two attached hydrogens (primary N) is 2. The summed E-state index contributed by atoms with van der Waals surface area (Å²) in [6.45, 7) is 14.9. The molecule has 4 aromatic rings. The van der Waals surface area contributed by atoms with Gasteiger partial charge in [-0.3, -0.25) is 0 Å². The topological polar surface area (TPSA) is 163 Å². The summed E-state index contributed by atoms with van der Waals surface area (Å²) < 4.78 is 37.5. The van der Waals surface area contributed by atoms with E-state index in [4.69, 9.17) is 20.8 Å². The molecule has 2 aromatic carbocycles. The quantitative estimate of drug-likeness (QED) is 0.150. The summed E-state index contributed by atoms with van der Waals surface area (Å²) in [5.74, 6) is 1.38. The summed E-state index contributed by atoms with van der Waals surface area (Å²) in [5.41, 5.74) is 14.8. The fraction of sp³-hybridized carbons (Fsp3) is 0.412. The van der Waals surface area contributed by atoms with E-state index in [1.807, 2.05) is 90.0 Å². The summed E-state index contributed by atoms with van der Waals surface area (Å²) in [4.78, 5) is 20.3. The van der Waals surface area contributed by atoms with E-state index >= 15 is 0 Å². The molecule has 0 atom stereocenters. The molecular weight excluding hydrogens is 737 g/mol. The Balaban J connectivity index is 0.000000214. The maximum atomic E-state index is 12.3. The van der Waals surface area contributed by atoms with Gasteiger partial charge < -0.3 is 39.7 Å². The molecule has 0 bridgehead atoms. The second-order valence-corrected chi connectivity index (χ2v) is 21.4. The van der Waals surface area contributed by atoms with Gasteiger partial charge in [-0.15, -0.1) is 0 Å². The number of aromatic nitrogens is 4. The maximum Gasteiger partial charge on any atom is 0.494 e. The zero-order chi connectivity index (χ0) is 37.8. The van der Waals surface area contributed by atoms with Crippen LogP contribution in [0.15, 0.2) is 65.7 Å². The molecule has 270 valence electrons. The number of rotatable bonds is 6. The van der Waals surface area contributed by atoms with Crippen LogP contribution in [0.1, 0.15) is 27.7 Å². The Morgan fingerprint density at radius 1 is 0.660 bits per heavy atom. The molecular formula is C34H50BBrN8O4P2. The molecule has 0 unspecified atom stereocenters. The van der Waals surface area contributed by atoms with Gasteiger partial charge in [-0.1, -0.05) is 12.1 Å². The minimum Gasteiger partial charge on any atom is -0.399 e. The van der Waals surface area contributed by atoms with Crippen LogP contribution in [-0.4, -0.2) is 93.1 Å². The molecule has 5 rings (SSSR count). The molecule has 2 aromatic heterocycles. The highest BCUT2D eigenvalue weighted by atomic mass is 79.9. The standard InChI is InChI=1S/C14H23BNO3P.C14H19N4OP.C6H8BrN3/c1-13(2)14(3,4)19-15(18-13)10-7-8-11(16)12(9-10)20(5,6)17;1-18(2)14-16-8-11(9-17-14)10-5-6-12(15)13(7-10)20(3,4)19;1-10(2)6-8-3-5(7)4-9-6/h7-9H,16H2,1-6H3;5-9H,15H2,1-4H3;3-4H,1-2H3. The lowest BCUT2D eigenvalue weighted by Crippen LogP contribution is -2.41. The van der Waals surface area contributed by atoms with Crippen molar-refractivity contribution < 1.29 is 18.4 Å². The van der Waals surface area contributed by atoms with Crippen LogP contribution in [0.5, 0.6) is 0 Å². The van der Waals surface area contributed by atoms with Crippen molar-refractivity contribution in [3.05, 3.63) is 65.7 Å². The zero-order valence-corrected chi connectivity index (χ0v) is 34.5. The highest BCUT2D eigenvalue weighted by Crippen LogP contribution is 2.39. The summed E-state index contributed by atoms with van der Waals surface area (Å²) in [6, 6.07) is 11.0. The molecule has 1 fully saturated rings. The first kappa shape index (κ1) is 41.1. The number of hydrogen-bond donors (Lipinski definition) is 2. The Bertz CT molecular complexity index is 1850. The van der Waals surface area contributed by atoms with E-state index in [1.54, 1.807) is 63.6 Å². The van der Waals surface area contributed by atoms with Crippen LogP contribution in [0, 0.1) is 0 Å². The summed E-state index contributed by atoms with van der Waals surface area (Å²) in [5, 5.41) is 1.39. The lowest BCUT2D eigenvalue weighted by Gasteiger charge is -2.32. The highest BCUT2D eigenvalue weighted by molar-refractivity contribution is 9.10. The zero-order valence-electron chi connectivity index (χ0n) is 31.1. The van der Waals surface area contributed by atoms with Crippen molar-refractivity contribution >= 4 is 76.7 Å². The molecule has 0 radical (unpaired) electrons. The molecule has 12 nitrogen and oxygen atoms in total. The number of nitrogen functional groups attached to an aromatic ring is 2. The average Bonchev–Trinajstić information content (AvgIpc) is 3.23. The van der Waals surface area contributed by atoms with Gasteiger partial charge in [-0.25, -0.2) is 19.9 Å². The van der Waals surface area contributed by atoms with Crippen LogP contribution in [0.4, 0.5) is 23.3 Å². The molecule has 16 heteroatoms. The molecule has 1 aliphatic heterocycles. The SMILES string of the molecule is CC1(C)OB(c2ccc(N)c(P(C)(C)=O)c2)OC1(C)C.CN(C)c1ncc(-c2ccc(N)c(P(C)(C)=O)c2)cn1.CN(C)c1ncc(Br)cn1. The third-order valence-corrected chi connectivity index (χ3v) is 11.7. The molecule has 4 N–H and O–H groups in total. The molecule has 1 aliphatic rings. The average molecular weight is 787 g/mol. The van der Waals surface area contributed by atoms with E-state index in [2.05, 4.69) is 35.9 Å². The van der Waals surface area contributed by atoms with Gasteiger partial charge >= 0.3 is 7.12 Å². The minimum absolute atomic E-state index is 0.388. The molecule has 0 aliphatic carbocycles. The first-order valence-electron chi connectivity index (χ1n) is 15.8. The third-order valence-electron chi connectivity index (χ3n) is 8.15. The first-order valence-corrected chi connectivity index (χ1v) is 21.8. The van der Waals surface area contributed by atoms with Crippen molar-refractivity contribution in [3.8, 4) is 11.1 Å². The van der Waals surface area contributed by atoms with Crippen LogP contribution in [0.2, 0.25) is 0 Å². The van der Waals surface area contributed by atoms with Crippen molar-refractivity contribution in [2.45, 2.75) is 38.9 Å². The van der Waals surface area contributed by atoms with Crippen molar-refractivity contribution in [1.29, 1.82) is 0 Å². The summed E-state index contributed by atoms with van der Waals surface area (Å²) in [6.07, 6.45) is 6.96. The lowest BCUT2D eigenvalue weighted by atomic mass is 9.79. The number of nitrogens with zero attached hydrogens (tertiary/aromatic N) is 6. The van der Waals surface area contributed by atoms with Gasteiger partial charge in [0.1, 0.15) is 14.3 Å². The second kappa shape index (κ2) is 16.0. The predicted octanol–water partition coefficient (Wildman–Crippen LogP) is 5.16. The number of benzene rings is 2. The van der Waals surface area contributed by atoms with Gasteiger partial charge in [0.05, 0.1) is 15.7 Å². The normalized spacial score (nSPS) is 14.9. The van der Waals surface area contributed by atoms with Gasteiger partial charge in [0.2, 0.25) is 11.9 Å². The van der Waals surface area contributed by atoms with Crippen molar-refractivity contribution in [1.82, 2.24) is 19.9 Å². The molecule has 50 heavy (non-hydrogen) atoms. The molecule has 0 saturated carbocycles. The Labute approximate surface area is 305 Å². The summed E-state index contributed by atoms with van der Waals surface area (Å²) >= 11 is 3.25. The number of hydrogen-bond acceptors (Lipinski definition) is 12. The summed E-state index contributed by atoms with van der Waals surface area (Å²) in [7, 11) is 2.31. The van der Waals surface area contributed by atoms with Crippen LogP contribution < -0.4 is 37.3 Å². The largest absolute Gasteiger partial charge is 0.494 e. The van der Waals surface area contributed by atoms with Crippen LogP contribution in [0.3, 0.4) is 0 Å². The van der Waals surface area contributed by atoms with Gasteiger partial charge in [-0.05, 0) is 106 Å². The monoisotopic (exact) mass is 786 g/mol. The number of halogens is 1. The van der Waals surface area contributed by atoms with Gasteiger partial charge in [-0.2, -0.15) is 0 Å². The van der Waals surface area contributed by atoms with E-state index in [0.29, 0.717) is 27.9 Å².